The molecule has 116 valence electrons. The highest BCUT2D eigenvalue weighted by molar-refractivity contribution is 7.18. The smallest absolute Gasteiger partial charge is 0.280 e. The van der Waals surface area contributed by atoms with Crippen LogP contribution in [0.1, 0.15) is 28.9 Å². The molecule has 5 nitrogen and oxygen atoms in total. The largest absolute Gasteiger partial charge is 0.420 e. The van der Waals surface area contributed by atoms with E-state index in [4.69, 9.17) is 16.3 Å². The molecule has 4 heterocycles. The number of hydrogen-bond donors (Lipinski definition) is 2. The van der Waals surface area contributed by atoms with E-state index in [0.29, 0.717) is 31.6 Å². The van der Waals surface area contributed by atoms with Gasteiger partial charge in [0.2, 0.25) is 0 Å². The first-order valence-corrected chi connectivity index (χ1v) is 9.14. The lowest BCUT2D eigenvalue weighted by atomic mass is 9.95. The summed E-state index contributed by atoms with van der Waals surface area (Å²) >= 11 is 8.40. The molecule has 2 bridgehead atoms. The maximum Gasteiger partial charge on any atom is 0.280 e. The Morgan fingerprint density at radius 3 is 3.00 bits per heavy atom. The van der Waals surface area contributed by atoms with Crippen LogP contribution in [-0.2, 0) is 0 Å². The Kier molecular flexibility index (Phi) is 3.81. The lowest BCUT2D eigenvalue weighted by molar-refractivity contribution is 0.0935. The number of ether oxygens (including phenoxy) is 1. The van der Waals surface area contributed by atoms with Crippen LogP contribution in [0, 0.1) is 0 Å². The normalized spacial score (nSPS) is 26.3. The topological polar surface area (TPSA) is 63.2 Å². The summed E-state index contributed by atoms with van der Waals surface area (Å²) in [6, 6.07) is 4.82. The summed E-state index contributed by atoms with van der Waals surface area (Å²) < 4.78 is 6.18. The molecule has 2 aliphatic heterocycles. The Bertz CT molecular complexity index is 702. The lowest BCUT2D eigenvalue weighted by Gasteiger charge is -2.20. The van der Waals surface area contributed by atoms with Crippen LogP contribution in [0.4, 0.5) is 0 Å². The zero-order chi connectivity index (χ0) is 15.1. The number of thiazole rings is 1. The molecule has 2 fully saturated rings. The molecular weight excluding hydrogens is 342 g/mol. The Balaban J connectivity index is 1.39. The van der Waals surface area contributed by atoms with Gasteiger partial charge in [-0.05, 0) is 31.4 Å². The van der Waals surface area contributed by atoms with Crippen LogP contribution in [0.3, 0.4) is 0 Å². The molecule has 0 saturated carbocycles. The number of rotatable bonds is 4. The maximum absolute atomic E-state index is 12.3. The molecule has 3 atom stereocenters. The Hall–Kier alpha value is -1.15. The number of carbonyl (C=O) groups is 1. The SMILES string of the molecule is O=C(N[C@@H]1C[C@H]2CC[C@@H]1N2)c1ccc(Oc2ncc(Cl)s2)s1. The zero-order valence-electron chi connectivity index (χ0n) is 11.5. The van der Waals surface area contributed by atoms with Gasteiger partial charge in [0.25, 0.3) is 11.1 Å². The molecule has 0 spiro atoms. The van der Waals surface area contributed by atoms with Gasteiger partial charge in [-0.2, -0.15) is 0 Å². The summed E-state index contributed by atoms with van der Waals surface area (Å²) in [4.78, 5) is 17.0. The summed E-state index contributed by atoms with van der Waals surface area (Å²) in [7, 11) is 0. The highest BCUT2D eigenvalue weighted by Crippen LogP contribution is 2.34. The molecular formula is C14H14ClN3O2S2. The van der Waals surface area contributed by atoms with Crippen molar-refractivity contribution in [3.63, 3.8) is 0 Å². The second-order valence-corrected chi connectivity index (χ2v) is 8.18. The van der Waals surface area contributed by atoms with Crippen molar-refractivity contribution in [3.8, 4) is 10.3 Å². The molecule has 8 heteroatoms. The van der Waals surface area contributed by atoms with E-state index in [-0.39, 0.29) is 11.9 Å². The van der Waals surface area contributed by atoms with E-state index < -0.39 is 0 Å². The fourth-order valence-electron chi connectivity index (χ4n) is 3.09. The predicted molar refractivity (Wildman–Crippen MR) is 87.3 cm³/mol. The standard InChI is InChI=1S/C14H14ClN3O2S2/c15-11-6-16-14(22-11)20-12-4-3-10(21-12)13(19)18-9-5-7-1-2-8(9)17-7/h3-4,6-9,17H,1-2,5H2,(H,18,19)/t7-,8+,9-/m1/s1. The van der Waals surface area contributed by atoms with E-state index in [0.717, 1.165) is 12.8 Å². The number of aromatic nitrogens is 1. The summed E-state index contributed by atoms with van der Waals surface area (Å²) in [6.07, 6.45) is 4.96. The first-order valence-electron chi connectivity index (χ1n) is 7.13. The molecule has 4 rings (SSSR count). The average molecular weight is 356 g/mol. The fraction of sp³-hybridized carbons (Fsp3) is 0.429. The van der Waals surface area contributed by atoms with Gasteiger partial charge in [0.1, 0.15) is 4.34 Å². The quantitative estimate of drug-likeness (QED) is 0.883. The zero-order valence-corrected chi connectivity index (χ0v) is 13.9. The Morgan fingerprint density at radius 1 is 1.41 bits per heavy atom. The highest BCUT2D eigenvalue weighted by Gasteiger charge is 2.39. The minimum atomic E-state index is -0.0311. The summed E-state index contributed by atoms with van der Waals surface area (Å²) in [5.41, 5.74) is 0. The van der Waals surface area contributed by atoms with Crippen LogP contribution in [0.15, 0.2) is 18.3 Å². The molecule has 2 aromatic rings. The van der Waals surface area contributed by atoms with Gasteiger partial charge in [0, 0.05) is 18.1 Å². The van der Waals surface area contributed by atoms with Crippen molar-refractivity contribution in [2.75, 3.05) is 0 Å². The number of nitrogens with one attached hydrogen (secondary N) is 2. The van der Waals surface area contributed by atoms with Gasteiger partial charge < -0.3 is 15.4 Å². The molecule has 22 heavy (non-hydrogen) atoms. The molecule has 2 aliphatic rings. The second-order valence-electron chi connectivity index (χ2n) is 5.51. The van der Waals surface area contributed by atoms with E-state index in [1.165, 1.54) is 29.1 Å². The molecule has 0 radical (unpaired) electrons. The van der Waals surface area contributed by atoms with Gasteiger partial charge in [-0.25, -0.2) is 4.98 Å². The fourth-order valence-corrected chi connectivity index (χ4v) is 4.66. The number of carbonyl (C=O) groups excluding carboxylic acids is 1. The highest BCUT2D eigenvalue weighted by atomic mass is 35.5. The summed E-state index contributed by atoms with van der Waals surface area (Å²) in [5, 5.41) is 7.77. The van der Waals surface area contributed by atoms with Gasteiger partial charge in [-0.15, -0.1) is 0 Å². The number of halogens is 1. The monoisotopic (exact) mass is 355 g/mol. The van der Waals surface area contributed by atoms with Crippen LogP contribution in [0.5, 0.6) is 10.3 Å². The van der Waals surface area contributed by atoms with Gasteiger partial charge in [0.15, 0.2) is 5.06 Å². The van der Waals surface area contributed by atoms with Gasteiger partial charge >= 0.3 is 0 Å². The van der Waals surface area contributed by atoms with E-state index in [9.17, 15) is 4.79 Å². The minimum Gasteiger partial charge on any atom is -0.420 e. The van der Waals surface area contributed by atoms with Crippen LogP contribution in [0.2, 0.25) is 4.34 Å². The first kappa shape index (κ1) is 14.4. The van der Waals surface area contributed by atoms with Crippen molar-refractivity contribution < 1.29 is 9.53 Å². The van der Waals surface area contributed by atoms with E-state index in [1.54, 1.807) is 18.3 Å². The third kappa shape index (κ3) is 2.86. The molecule has 2 saturated heterocycles. The molecule has 0 aromatic carbocycles. The Labute approximate surface area is 140 Å². The van der Waals surface area contributed by atoms with Crippen LogP contribution in [-0.4, -0.2) is 29.0 Å². The second kappa shape index (κ2) is 5.81. The molecule has 0 unspecified atom stereocenters. The van der Waals surface area contributed by atoms with Crippen molar-refractivity contribution in [3.05, 3.63) is 27.5 Å². The van der Waals surface area contributed by atoms with Crippen molar-refractivity contribution in [1.82, 2.24) is 15.6 Å². The lowest BCUT2D eigenvalue weighted by Crippen LogP contribution is -2.42. The summed E-state index contributed by atoms with van der Waals surface area (Å²) in [5.74, 6) is -0.0311. The van der Waals surface area contributed by atoms with E-state index in [2.05, 4.69) is 15.6 Å². The van der Waals surface area contributed by atoms with Crippen molar-refractivity contribution in [1.29, 1.82) is 0 Å². The van der Waals surface area contributed by atoms with E-state index in [1.807, 2.05) is 0 Å². The number of nitrogens with zero attached hydrogens (tertiary/aromatic N) is 1. The molecule has 0 aliphatic carbocycles. The van der Waals surface area contributed by atoms with E-state index >= 15 is 0 Å². The maximum atomic E-state index is 12.3. The van der Waals surface area contributed by atoms with Crippen LogP contribution < -0.4 is 15.4 Å². The molecule has 2 N–H and O–H groups in total. The number of amides is 1. The number of thiophene rings is 1. The minimum absolute atomic E-state index is 0.0311. The van der Waals surface area contributed by atoms with Gasteiger partial charge in [0.05, 0.1) is 11.1 Å². The Morgan fingerprint density at radius 2 is 2.32 bits per heavy atom. The van der Waals surface area contributed by atoms with Gasteiger partial charge in [-0.1, -0.05) is 34.3 Å². The predicted octanol–water partition coefficient (Wildman–Crippen LogP) is 3.27. The molecule has 1 amide bonds. The van der Waals surface area contributed by atoms with Crippen molar-refractivity contribution in [2.45, 2.75) is 37.4 Å². The van der Waals surface area contributed by atoms with Crippen LogP contribution >= 0.6 is 34.3 Å². The third-order valence-corrected chi connectivity index (χ3v) is 6.02. The third-order valence-electron chi connectivity index (χ3n) is 4.07. The van der Waals surface area contributed by atoms with Gasteiger partial charge in [-0.3, -0.25) is 4.79 Å². The van der Waals surface area contributed by atoms with Crippen molar-refractivity contribution in [2.24, 2.45) is 0 Å². The first-order chi connectivity index (χ1) is 10.7. The average Bonchev–Trinajstić information content (AvgIpc) is 3.24. The summed E-state index contributed by atoms with van der Waals surface area (Å²) in [6.45, 7) is 0. The van der Waals surface area contributed by atoms with Crippen LogP contribution in [0.25, 0.3) is 0 Å². The molecule has 2 aromatic heterocycles. The number of hydrogen-bond acceptors (Lipinski definition) is 6. The van der Waals surface area contributed by atoms with Crippen molar-refractivity contribution >= 4 is 40.2 Å². The number of fused-ring (bicyclic) bond motifs is 2.